The van der Waals surface area contributed by atoms with Gasteiger partial charge in [-0.15, -0.1) is 0 Å². The first kappa shape index (κ1) is 16.0. The van der Waals surface area contributed by atoms with E-state index in [1.807, 2.05) is 0 Å². The van der Waals surface area contributed by atoms with Gasteiger partial charge in [-0.2, -0.15) is 0 Å². The molecule has 1 N–H and O–H groups in total. The molecule has 0 aromatic heterocycles. The van der Waals surface area contributed by atoms with Crippen LogP contribution in [-0.4, -0.2) is 6.54 Å². The molecule has 0 heterocycles. The summed E-state index contributed by atoms with van der Waals surface area (Å²) in [5.41, 5.74) is 2.71. The van der Waals surface area contributed by atoms with Gasteiger partial charge in [0.15, 0.2) is 0 Å². The topological polar surface area (TPSA) is 12.0 Å². The summed E-state index contributed by atoms with van der Waals surface area (Å²) in [7, 11) is 0. The Morgan fingerprint density at radius 2 is 1.90 bits per heavy atom. The molecule has 106 valence electrons. The van der Waals surface area contributed by atoms with Gasteiger partial charge in [-0.25, -0.2) is 0 Å². The molecule has 20 heavy (non-hydrogen) atoms. The van der Waals surface area contributed by atoms with E-state index in [0.717, 1.165) is 23.9 Å². The standard InChI is InChI=1S/C17H19BrIN/c1-2-10-20-17(14-4-3-5-15(18)12-14)11-13-6-8-16(19)9-7-13/h3-9,12,17,20H,2,10-11H2,1H3. The molecule has 0 spiro atoms. The highest BCUT2D eigenvalue weighted by Gasteiger charge is 2.11. The zero-order chi connectivity index (χ0) is 14.4. The van der Waals surface area contributed by atoms with Crippen LogP contribution in [0.5, 0.6) is 0 Å². The van der Waals surface area contributed by atoms with E-state index in [1.54, 1.807) is 0 Å². The summed E-state index contributed by atoms with van der Waals surface area (Å²) < 4.78 is 2.42. The van der Waals surface area contributed by atoms with Crippen molar-refractivity contribution in [3.05, 3.63) is 67.7 Å². The first-order chi connectivity index (χ1) is 9.69. The molecule has 0 aliphatic carbocycles. The molecule has 1 atom stereocenters. The Balaban J connectivity index is 2.16. The van der Waals surface area contributed by atoms with Crippen LogP contribution in [0.1, 0.15) is 30.5 Å². The van der Waals surface area contributed by atoms with Crippen molar-refractivity contribution in [3.63, 3.8) is 0 Å². The molecule has 0 aliphatic heterocycles. The number of hydrogen-bond acceptors (Lipinski definition) is 1. The molecule has 2 aromatic rings. The smallest absolute Gasteiger partial charge is 0.0361 e. The van der Waals surface area contributed by atoms with Crippen LogP contribution in [0.3, 0.4) is 0 Å². The molecular formula is C17H19BrIN. The van der Waals surface area contributed by atoms with Crippen LogP contribution >= 0.6 is 38.5 Å². The Morgan fingerprint density at radius 1 is 1.15 bits per heavy atom. The molecule has 2 aromatic carbocycles. The number of halogens is 2. The van der Waals surface area contributed by atoms with Crippen LogP contribution in [0.4, 0.5) is 0 Å². The Bertz CT molecular complexity index is 539. The summed E-state index contributed by atoms with van der Waals surface area (Å²) in [5, 5.41) is 3.65. The number of hydrogen-bond donors (Lipinski definition) is 1. The summed E-state index contributed by atoms with van der Waals surface area (Å²) >= 11 is 5.91. The average molecular weight is 444 g/mol. The van der Waals surface area contributed by atoms with Gasteiger partial charge in [-0.3, -0.25) is 0 Å². The van der Waals surface area contributed by atoms with Gasteiger partial charge in [-0.1, -0.05) is 47.1 Å². The molecule has 0 fully saturated rings. The third-order valence-electron chi connectivity index (χ3n) is 3.24. The second kappa shape index (κ2) is 8.15. The zero-order valence-corrected chi connectivity index (χ0v) is 15.3. The van der Waals surface area contributed by atoms with E-state index in [0.29, 0.717) is 6.04 Å². The summed E-state index contributed by atoms with van der Waals surface area (Å²) in [6, 6.07) is 17.7. The van der Waals surface area contributed by atoms with Crippen LogP contribution in [0.25, 0.3) is 0 Å². The molecule has 0 saturated carbocycles. The van der Waals surface area contributed by atoms with Crippen LogP contribution in [-0.2, 0) is 6.42 Å². The van der Waals surface area contributed by atoms with Crippen molar-refractivity contribution < 1.29 is 0 Å². The van der Waals surface area contributed by atoms with E-state index in [9.17, 15) is 0 Å². The highest BCUT2D eigenvalue weighted by atomic mass is 127. The van der Waals surface area contributed by atoms with Crippen molar-refractivity contribution in [2.24, 2.45) is 0 Å². The maximum atomic E-state index is 3.65. The van der Waals surface area contributed by atoms with Crippen molar-refractivity contribution in [2.45, 2.75) is 25.8 Å². The molecule has 0 aliphatic rings. The maximum Gasteiger partial charge on any atom is 0.0361 e. The minimum atomic E-state index is 0.368. The Morgan fingerprint density at radius 3 is 2.55 bits per heavy atom. The largest absolute Gasteiger partial charge is 0.310 e. The SMILES string of the molecule is CCCNC(Cc1ccc(I)cc1)c1cccc(Br)c1. The molecular weight excluding hydrogens is 425 g/mol. The normalized spacial score (nSPS) is 12.3. The predicted octanol–water partition coefficient (Wildman–Crippen LogP) is 5.34. The van der Waals surface area contributed by atoms with Gasteiger partial charge in [-0.05, 0) is 77.4 Å². The summed E-state index contributed by atoms with van der Waals surface area (Å²) in [6.45, 7) is 3.25. The van der Waals surface area contributed by atoms with E-state index in [-0.39, 0.29) is 0 Å². The first-order valence-corrected chi connectivity index (χ1v) is 8.79. The summed E-state index contributed by atoms with van der Waals surface area (Å²) in [4.78, 5) is 0. The molecule has 0 amide bonds. The highest BCUT2D eigenvalue weighted by molar-refractivity contribution is 14.1. The molecule has 3 heteroatoms. The van der Waals surface area contributed by atoms with Crippen molar-refractivity contribution >= 4 is 38.5 Å². The quantitative estimate of drug-likeness (QED) is 0.594. The zero-order valence-electron chi connectivity index (χ0n) is 11.6. The van der Waals surface area contributed by atoms with Crippen molar-refractivity contribution in [2.75, 3.05) is 6.54 Å². The number of nitrogens with one attached hydrogen (secondary N) is 1. The fraction of sp³-hybridized carbons (Fsp3) is 0.294. The van der Waals surface area contributed by atoms with Crippen LogP contribution in [0.2, 0.25) is 0 Å². The third kappa shape index (κ3) is 4.86. The van der Waals surface area contributed by atoms with Gasteiger partial charge in [0.05, 0.1) is 0 Å². The Labute approximate surface area is 143 Å². The minimum Gasteiger partial charge on any atom is -0.310 e. The van der Waals surface area contributed by atoms with E-state index in [2.05, 4.69) is 99.3 Å². The monoisotopic (exact) mass is 443 g/mol. The average Bonchev–Trinajstić information content (AvgIpc) is 2.45. The fourth-order valence-corrected chi connectivity index (χ4v) is 2.98. The molecule has 0 saturated heterocycles. The van der Waals surface area contributed by atoms with Gasteiger partial charge in [0.2, 0.25) is 0 Å². The molecule has 0 radical (unpaired) electrons. The Kier molecular flexibility index (Phi) is 6.52. The highest BCUT2D eigenvalue weighted by Crippen LogP contribution is 2.22. The van der Waals surface area contributed by atoms with Crippen molar-refractivity contribution in [3.8, 4) is 0 Å². The lowest BCUT2D eigenvalue weighted by Gasteiger charge is -2.19. The molecule has 0 bridgehead atoms. The lowest BCUT2D eigenvalue weighted by molar-refractivity contribution is 0.529. The first-order valence-electron chi connectivity index (χ1n) is 6.92. The lowest BCUT2D eigenvalue weighted by Crippen LogP contribution is -2.24. The van der Waals surface area contributed by atoms with Crippen LogP contribution < -0.4 is 5.32 Å². The van der Waals surface area contributed by atoms with Crippen LogP contribution in [0, 0.1) is 3.57 Å². The maximum absolute atomic E-state index is 3.65. The van der Waals surface area contributed by atoms with E-state index < -0.39 is 0 Å². The van der Waals surface area contributed by atoms with E-state index >= 15 is 0 Å². The van der Waals surface area contributed by atoms with Crippen molar-refractivity contribution in [1.29, 1.82) is 0 Å². The Hall–Kier alpha value is -0.390. The van der Waals surface area contributed by atoms with Crippen LogP contribution in [0.15, 0.2) is 53.0 Å². The second-order valence-corrected chi connectivity index (χ2v) is 7.05. The van der Waals surface area contributed by atoms with Gasteiger partial charge in [0, 0.05) is 14.1 Å². The number of benzene rings is 2. The lowest BCUT2D eigenvalue weighted by atomic mass is 9.99. The minimum absolute atomic E-state index is 0.368. The van der Waals surface area contributed by atoms with Gasteiger partial charge in [0.25, 0.3) is 0 Å². The molecule has 1 nitrogen and oxygen atoms in total. The molecule has 2 rings (SSSR count). The third-order valence-corrected chi connectivity index (χ3v) is 4.46. The fourth-order valence-electron chi connectivity index (χ4n) is 2.21. The van der Waals surface area contributed by atoms with Gasteiger partial charge in [0.1, 0.15) is 0 Å². The van der Waals surface area contributed by atoms with Gasteiger partial charge >= 0.3 is 0 Å². The summed E-state index contributed by atoms with van der Waals surface area (Å²) in [6.07, 6.45) is 2.17. The predicted molar refractivity (Wildman–Crippen MR) is 98.0 cm³/mol. The second-order valence-electron chi connectivity index (χ2n) is 4.89. The number of rotatable bonds is 6. The summed E-state index contributed by atoms with van der Waals surface area (Å²) in [5.74, 6) is 0. The van der Waals surface area contributed by atoms with Gasteiger partial charge < -0.3 is 5.32 Å². The van der Waals surface area contributed by atoms with Crippen molar-refractivity contribution in [1.82, 2.24) is 5.32 Å². The molecule has 1 unspecified atom stereocenters. The van der Waals surface area contributed by atoms with E-state index in [4.69, 9.17) is 0 Å². The van der Waals surface area contributed by atoms with E-state index in [1.165, 1.54) is 14.7 Å².